The summed E-state index contributed by atoms with van der Waals surface area (Å²) in [5.74, 6) is 2.54. The van der Waals surface area contributed by atoms with E-state index in [1.165, 1.54) is 30.3 Å². The van der Waals surface area contributed by atoms with Gasteiger partial charge in [0.25, 0.3) is 5.82 Å². The molecule has 4 bridgehead atoms. The normalized spacial score (nSPS) is 36.4. The van der Waals surface area contributed by atoms with Crippen LogP contribution in [-0.2, 0) is 11.3 Å². The molecule has 4 saturated carbocycles. The van der Waals surface area contributed by atoms with Gasteiger partial charge in [-0.05, 0) is 56.3 Å². The zero-order valence-corrected chi connectivity index (χ0v) is 12.0. The van der Waals surface area contributed by atoms with E-state index in [0.717, 1.165) is 37.0 Å². The molecule has 0 unspecified atom stereocenters. The summed E-state index contributed by atoms with van der Waals surface area (Å²) in [7, 11) is 0. The zero-order valence-electron chi connectivity index (χ0n) is 12.0. The number of nitrogens with one attached hydrogen (secondary N) is 1. The Morgan fingerprint density at radius 2 is 1.95 bits per heavy atom. The van der Waals surface area contributed by atoms with E-state index in [1.54, 1.807) is 0 Å². The van der Waals surface area contributed by atoms with Gasteiger partial charge in [-0.3, -0.25) is 4.79 Å². The summed E-state index contributed by atoms with van der Waals surface area (Å²) in [5, 5.41) is 15.9. The van der Waals surface area contributed by atoms with Crippen molar-refractivity contribution in [1.82, 2.24) is 20.1 Å². The van der Waals surface area contributed by atoms with Gasteiger partial charge in [-0.15, -0.1) is 5.10 Å². The lowest BCUT2D eigenvalue weighted by molar-refractivity contribution is -0.127. The number of nitrogens with zero attached hydrogens (tertiary/aromatic N) is 4. The molecule has 4 aliphatic carbocycles. The largest absolute Gasteiger partial charge is 0.349 e. The Labute approximate surface area is 123 Å². The third kappa shape index (κ3) is 2.31. The number of amides is 1. The molecule has 4 fully saturated rings. The summed E-state index contributed by atoms with van der Waals surface area (Å²) >= 11 is 0. The fraction of sp³-hybridized carbons (Fsp3) is 0.733. The molecular weight excluding hydrogens is 266 g/mol. The standard InChI is InChI=1S/C15H19N5O/c16-7-13-17-9-20(19-13)8-14(21)18-15-4-10-1-11(5-15)3-12(2-10)6-15/h9-12H,1-6,8H2,(H,18,21). The third-order valence-corrected chi connectivity index (χ3v) is 5.38. The van der Waals surface area contributed by atoms with Crippen LogP contribution in [0.2, 0.25) is 0 Å². The molecule has 6 heteroatoms. The lowest BCUT2D eigenvalue weighted by atomic mass is 9.53. The van der Waals surface area contributed by atoms with Crippen molar-refractivity contribution in [1.29, 1.82) is 5.26 Å². The molecule has 0 aromatic carbocycles. The fourth-order valence-electron chi connectivity index (χ4n) is 5.17. The van der Waals surface area contributed by atoms with Crippen molar-refractivity contribution in [2.75, 3.05) is 0 Å². The van der Waals surface area contributed by atoms with Crippen LogP contribution in [0.15, 0.2) is 6.33 Å². The third-order valence-electron chi connectivity index (χ3n) is 5.38. The van der Waals surface area contributed by atoms with Crippen molar-refractivity contribution in [2.24, 2.45) is 17.8 Å². The van der Waals surface area contributed by atoms with E-state index in [0.29, 0.717) is 0 Å². The molecule has 1 N–H and O–H groups in total. The molecule has 6 nitrogen and oxygen atoms in total. The molecule has 0 saturated heterocycles. The van der Waals surface area contributed by atoms with Crippen LogP contribution in [0.5, 0.6) is 0 Å². The van der Waals surface area contributed by atoms with E-state index in [2.05, 4.69) is 15.4 Å². The van der Waals surface area contributed by atoms with Crippen molar-refractivity contribution in [3.63, 3.8) is 0 Å². The predicted molar refractivity (Wildman–Crippen MR) is 73.8 cm³/mol. The Morgan fingerprint density at radius 1 is 1.33 bits per heavy atom. The van der Waals surface area contributed by atoms with Crippen LogP contribution in [0.1, 0.15) is 44.3 Å². The van der Waals surface area contributed by atoms with E-state index < -0.39 is 0 Å². The first-order chi connectivity index (χ1) is 10.1. The number of carbonyl (C=O) groups is 1. The SMILES string of the molecule is N#Cc1ncn(CC(=O)NC23CC4CC(CC(C4)C2)C3)n1. The lowest BCUT2D eigenvalue weighted by Crippen LogP contribution is -2.60. The van der Waals surface area contributed by atoms with Crippen LogP contribution in [0.25, 0.3) is 0 Å². The summed E-state index contributed by atoms with van der Waals surface area (Å²) in [4.78, 5) is 16.1. The smallest absolute Gasteiger partial charge is 0.252 e. The average molecular weight is 285 g/mol. The highest BCUT2D eigenvalue weighted by atomic mass is 16.2. The van der Waals surface area contributed by atoms with Gasteiger partial charge in [0, 0.05) is 5.54 Å². The van der Waals surface area contributed by atoms with E-state index in [9.17, 15) is 4.79 Å². The van der Waals surface area contributed by atoms with Gasteiger partial charge in [-0.2, -0.15) is 5.26 Å². The van der Waals surface area contributed by atoms with Gasteiger partial charge in [0.1, 0.15) is 18.9 Å². The minimum Gasteiger partial charge on any atom is -0.349 e. The van der Waals surface area contributed by atoms with E-state index in [1.807, 2.05) is 6.07 Å². The maximum absolute atomic E-state index is 12.3. The monoisotopic (exact) mass is 285 g/mol. The van der Waals surface area contributed by atoms with Crippen molar-refractivity contribution in [2.45, 2.75) is 50.6 Å². The summed E-state index contributed by atoms with van der Waals surface area (Å²) in [6, 6.07) is 1.87. The van der Waals surface area contributed by atoms with Gasteiger partial charge >= 0.3 is 0 Å². The molecule has 1 heterocycles. The Bertz CT molecular complexity index is 579. The second kappa shape index (κ2) is 4.55. The molecule has 1 amide bonds. The molecule has 110 valence electrons. The second-order valence-corrected chi connectivity index (χ2v) is 7.12. The number of nitriles is 1. The lowest BCUT2D eigenvalue weighted by Gasteiger charge is -2.56. The molecule has 0 radical (unpaired) electrons. The molecule has 0 atom stereocenters. The van der Waals surface area contributed by atoms with Gasteiger partial charge in [-0.25, -0.2) is 9.67 Å². The Balaban J connectivity index is 1.43. The highest BCUT2D eigenvalue weighted by Gasteiger charge is 2.51. The van der Waals surface area contributed by atoms with Crippen molar-refractivity contribution >= 4 is 5.91 Å². The van der Waals surface area contributed by atoms with Crippen molar-refractivity contribution in [3.05, 3.63) is 12.2 Å². The van der Waals surface area contributed by atoms with Gasteiger partial charge in [0.15, 0.2) is 0 Å². The topological polar surface area (TPSA) is 83.6 Å². The summed E-state index contributed by atoms with van der Waals surface area (Å²) in [6.45, 7) is 0.149. The molecule has 1 aromatic heterocycles. The van der Waals surface area contributed by atoms with E-state index in [4.69, 9.17) is 5.26 Å². The summed E-state index contributed by atoms with van der Waals surface area (Å²) in [6.07, 6.45) is 8.97. The maximum Gasteiger partial charge on any atom is 0.252 e. The molecule has 5 rings (SSSR count). The maximum atomic E-state index is 12.3. The van der Waals surface area contributed by atoms with Crippen LogP contribution in [0.4, 0.5) is 0 Å². The van der Waals surface area contributed by atoms with Crippen molar-refractivity contribution in [3.8, 4) is 6.07 Å². The predicted octanol–water partition coefficient (Wildman–Crippen LogP) is 1.23. The number of rotatable bonds is 3. The number of hydrogen-bond donors (Lipinski definition) is 1. The second-order valence-electron chi connectivity index (χ2n) is 7.12. The van der Waals surface area contributed by atoms with Crippen LogP contribution in [-0.4, -0.2) is 26.2 Å². The first kappa shape index (κ1) is 12.8. The van der Waals surface area contributed by atoms with Crippen LogP contribution in [0, 0.1) is 29.1 Å². The van der Waals surface area contributed by atoms with Crippen LogP contribution < -0.4 is 5.32 Å². The number of hydrogen-bond acceptors (Lipinski definition) is 4. The van der Waals surface area contributed by atoms with Crippen LogP contribution >= 0.6 is 0 Å². The molecule has 0 spiro atoms. The Morgan fingerprint density at radius 3 is 2.48 bits per heavy atom. The molecule has 0 aliphatic heterocycles. The van der Waals surface area contributed by atoms with E-state index in [-0.39, 0.29) is 23.8 Å². The molecular formula is C15H19N5O. The molecule has 4 aliphatic rings. The summed E-state index contributed by atoms with van der Waals surface area (Å²) in [5.41, 5.74) is 0.0322. The average Bonchev–Trinajstić information content (AvgIpc) is 2.83. The van der Waals surface area contributed by atoms with Gasteiger partial charge in [0.05, 0.1) is 0 Å². The molecule has 21 heavy (non-hydrogen) atoms. The quantitative estimate of drug-likeness (QED) is 0.905. The zero-order chi connectivity index (χ0) is 14.4. The summed E-state index contributed by atoms with van der Waals surface area (Å²) < 4.78 is 1.44. The fourth-order valence-corrected chi connectivity index (χ4v) is 5.17. The highest BCUT2D eigenvalue weighted by molar-refractivity contribution is 5.76. The van der Waals surface area contributed by atoms with E-state index >= 15 is 0 Å². The minimum atomic E-state index is -0.00802. The first-order valence-electron chi connectivity index (χ1n) is 7.75. The Kier molecular flexibility index (Phi) is 2.78. The first-order valence-corrected chi connectivity index (χ1v) is 7.75. The van der Waals surface area contributed by atoms with Crippen molar-refractivity contribution < 1.29 is 4.79 Å². The van der Waals surface area contributed by atoms with Gasteiger partial charge in [-0.1, -0.05) is 0 Å². The number of carbonyl (C=O) groups excluding carboxylic acids is 1. The highest BCUT2D eigenvalue weighted by Crippen LogP contribution is 2.55. The van der Waals surface area contributed by atoms with Gasteiger partial charge in [0.2, 0.25) is 5.91 Å². The minimum absolute atomic E-state index is 0.00802. The Hall–Kier alpha value is -1.90. The molecule has 1 aromatic rings. The number of aromatic nitrogens is 3. The van der Waals surface area contributed by atoms with Crippen LogP contribution in [0.3, 0.4) is 0 Å². The van der Waals surface area contributed by atoms with Gasteiger partial charge < -0.3 is 5.32 Å².